The molecule has 0 radical (unpaired) electrons. The normalized spacial score (nSPS) is 12.1. The van der Waals surface area contributed by atoms with Crippen LogP contribution < -0.4 is 10.1 Å². The van der Waals surface area contributed by atoms with E-state index in [2.05, 4.69) is 12.2 Å². The number of halogens is 2. The molecular formula is C17H19F2NO. The Bertz CT molecular complexity index is 560. The second kappa shape index (κ2) is 7.74. The molecule has 0 bridgehead atoms. The van der Waals surface area contributed by atoms with Crippen LogP contribution in [0.1, 0.15) is 25.0 Å². The molecule has 4 heteroatoms. The van der Waals surface area contributed by atoms with Gasteiger partial charge in [-0.3, -0.25) is 0 Å². The van der Waals surface area contributed by atoms with Gasteiger partial charge in [0.05, 0.1) is 0 Å². The number of hydrogen-bond acceptors (Lipinski definition) is 2. The van der Waals surface area contributed by atoms with E-state index in [0.29, 0.717) is 6.54 Å². The Balaban J connectivity index is 2.15. The third-order valence-electron chi connectivity index (χ3n) is 3.09. The van der Waals surface area contributed by atoms with Gasteiger partial charge >= 0.3 is 0 Å². The zero-order valence-electron chi connectivity index (χ0n) is 12.0. The minimum atomic E-state index is -0.688. The van der Waals surface area contributed by atoms with Crippen LogP contribution in [-0.4, -0.2) is 13.1 Å². The van der Waals surface area contributed by atoms with Crippen molar-refractivity contribution in [1.82, 2.24) is 5.32 Å². The maximum Gasteiger partial charge on any atom is 0.168 e. The highest BCUT2D eigenvalue weighted by Crippen LogP contribution is 2.24. The van der Waals surface area contributed by atoms with Gasteiger partial charge in [0.15, 0.2) is 11.6 Å². The lowest BCUT2D eigenvalue weighted by Gasteiger charge is -2.20. The maximum atomic E-state index is 13.7. The van der Waals surface area contributed by atoms with Crippen LogP contribution in [0.2, 0.25) is 0 Å². The molecule has 1 N–H and O–H groups in total. The summed E-state index contributed by atoms with van der Waals surface area (Å²) in [7, 11) is 0. The second-order valence-corrected chi connectivity index (χ2v) is 4.80. The molecule has 1 atom stereocenters. The molecule has 112 valence electrons. The first-order valence-electron chi connectivity index (χ1n) is 7.08. The van der Waals surface area contributed by atoms with Gasteiger partial charge in [0.2, 0.25) is 0 Å². The zero-order valence-corrected chi connectivity index (χ0v) is 12.0. The highest BCUT2D eigenvalue weighted by atomic mass is 19.1. The highest BCUT2D eigenvalue weighted by molar-refractivity contribution is 5.27. The molecule has 2 rings (SSSR count). The van der Waals surface area contributed by atoms with E-state index >= 15 is 0 Å². The molecule has 0 aliphatic heterocycles. The Labute approximate surface area is 123 Å². The molecule has 0 aliphatic carbocycles. The van der Waals surface area contributed by atoms with Gasteiger partial charge in [-0.05, 0) is 30.7 Å². The molecule has 0 amide bonds. The number of nitrogens with one attached hydrogen (secondary N) is 1. The van der Waals surface area contributed by atoms with E-state index in [-0.39, 0.29) is 11.9 Å². The summed E-state index contributed by atoms with van der Waals surface area (Å²) in [5.74, 6) is -1.24. The van der Waals surface area contributed by atoms with Gasteiger partial charge in [-0.15, -0.1) is 0 Å². The van der Waals surface area contributed by atoms with Crippen LogP contribution in [0.5, 0.6) is 5.75 Å². The minimum absolute atomic E-state index is 0.0588. The molecule has 1 unspecified atom stereocenters. The van der Waals surface area contributed by atoms with Gasteiger partial charge in [-0.1, -0.05) is 37.3 Å². The first-order chi connectivity index (χ1) is 10.2. The Kier molecular flexibility index (Phi) is 5.69. The third-order valence-corrected chi connectivity index (χ3v) is 3.09. The fourth-order valence-electron chi connectivity index (χ4n) is 2.03. The Morgan fingerprint density at radius 3 is 2.52 bits per heavy atom. The first-order valence-corrected chi connectivity index (χ1v) is 7.08. The van der Waals surface area contributed by atoms with Crippen LogP contribution in [0.3, 0.4) is 0 Å². The molecule has 0 heterocycles. The van der Waals surface area contributed by atoms with Crippen molar-refractivity contribution in [1.29, 1.82) is 0 Å². The summed E-state index contributed by atoms with van der Waals surface area (Å²) in [4.78, 5) is 0. The summed E-state index contributed by atoms with van der Waals surface area (Å²) in [5.41, 5.74) is 0.949. The second-order valence-electron chi connectivity index (χ2n) is 4.80. The summed E-state index contributed by atoms with van der Waals surface area (Å²) >= 11 is 0. The van der Waals surface area contributed by atoms with E-state index in [9.17, 15) is 8.78 Å². The smallest absolute Gasteiger partial charge is 0.168 e. The largest absolute Gasteiger partial charge is 0.481 e. The van der Waals surface area contributed by atoms with E-state index in [1.54, 1.807) is 0 Å². The number of ether oxygens (including phenoxy) is 1. The predicted octanol–water partition coefficient (Wildman–Crippen LogP) is 4.08. The van der Waals surface area contributed by atoms with Gasteiger partial charge < -0.3 is 10.1 Å². The Morgan fingerprint density at radius 2 is 1.86 bits per heavy atom. The topological polar surface area (TPSA) is 21.3 Å². The van der Waals surface area contributed by atoms with Gasteiger partial charge in [-0.2, -0.15) is 0 Å². The van der Waals surface area contributed by atoms with Gasteiger partial charge in [-0.25, -0.2) is 8.78 Å². The summed E-state index contributed by atoms with van der Waals surface area (Å²) < 4.78 is 32.4. The Hall–Kier alpha value is -1.94. The van der Waals surface area contributed by atoms with Gasteiger partial charge in [0.1, 0.15) is 11.9 Å². The maximum absolute atomic E-state index is 13.7. The quantitative estimate of drug-likeness (QED) is 0.776. The van der Waals surface area contributed by atoms with E-state index in [1.807, 2.05) is 30.3 Å². The van der Waals surface area contributed by atoms with Crippen LogP contribution in [0.4, 0.5) is 8.78 Å². The van der Waals surface area contributed by atoms with Crippen molar-refractivity contribution in [3.8, 4) is 5.75 Å². The van der Waals surface area contributed by atoms with Crippen LogP contribution in [0.25, 0.3) is 0 Å². The molecule has 2 aromatic rings. The van der Waals surface area contributed by atoms with Crippen LogP contribution in [0.15, 0.2) is 48.5 Å². The monoisotopic (exact) mass is 291 g/mol. The lowest BCUT2D eigenvalue weighted by atomic mass is 10.1. The lowest BCUT2D eigenvalue weighted by molar-refractivity contribution is 0.192. The summed E-state index contributed by atoms with van der Waals surface area (Å²) in [6.07, 6.45) is 0.685. The van der Waals surface area contributed by atoms with E-state index in [4.69, 9.17) is 4.74 Å². The molecule has 21 heavy (non-hydrogen) atoms. The first kappa shape index (κ1) is 15.4. The standard InChI is InChI=1S/C17H19F2NO/c1-2-10-20-12-17(13-6-4-3-5-7-13)21-16-9-8-14(18)11-15(16)19/h3-9,11,17,20H,2,10,12H2,1H3. The van der Waals surface area contributed by atoms with Crippen LogP contribution in [0, 0.1) is 11.6 Å². The molecule has 2 aromatic carbocycles. The summed E-state index contributed by atoms with van der Waals surface area (Å²) in [6, 6.07) is 12.9. The van der Waals surface area contributed by atoms with E-state index < -0.39 is 11.6 Å². The SMILES string of the molecule is CCCNCC(Oc1ccc(F)cc1F)c1ccccc1. The van der Waals surface area contributed by atoms with Crippen molar-refractivity contribution < 1.29 is 13.5 Å². The average Bonchev–Trinajstić information content (AvgIpc) is 2.49. The van der Waals surface area contributed by atoms with E-state index in [0.717, 1.165) is 24.6 Å². The zero-order chi connectivity index (χ0) is 15.1. The van der Waals surface area contributed by atoms with Crippen LogP contribution >= 0.6 is 0 Å². The summed E-state index contributed by atoms with van der Waals surface area (Å²) in [5, 5.41) is 3.26. The van der Waals surface area contributed by atoms with Gasteiger partial charge in [0.25, 0.3) is 0 Å². The number of rotatable bonds is 7. The molecule has 0 spiro atoms. The molecule has 0 saturated carbocycles. The fourth-order valence-corrected chi connectivity index (χ4v) is 2.03. The third kappa shape index (κ3) is 4.53. The highest BCUT2D eigenvalue weighted by Gasteiger charge is 2.15. The molecule has 0 fully saturated rings. The van der Waals surface area contributed by atoms with Gasteiger partial charge in [0, 0.05) is 12.6 Å². The number of hydrogen-bond donors (Lipinski definition) is 1. The van der Waals surface area contributed by atoms with E-state index in [1.165, 1.54) is 12.1 Å². The average molecular weight is 291 g/mol. The van der Waals surface area contributed by atoms with Crippen molar-refractivity contribution >= 4 is 0 Å². The molecule has 0 saturated heterocycles. The van der Waals surface area contributed by atoms with Crippen molar-refractivity contribution in [3.05, 3.63) is 65.7 Å². The lowest BCUT2D eigenvalue weighted by Crippen LogP contribution is -2.26. The summed E-state index contributed by atoms with van der Waals surface area (Å²) in [6.45, 7) is 3.50. The minimum Gasteiger partial charge on any atom is -0.481 e. The Morgan fingerprint density at radius 1 is 1.10 bits per heavy atom. The molecule has 0 aliphatic rings. The fraction of sp³-hybridized carbons (Fsp3) is 0.294. The van der Waals surface area contributed by atoms with Crippen molar-refractivity contribution in [3.63, 3.8) is 0 Å². The molecular weight excluding hydrogens is 272 g/mol. The molecule has 0 aromatic heterocycles. The van der Waals surface area contributed by atoms with Crippen molar-refractivity contribution in [2.45, 2.75) is 19.4 Å². The predicted molar refractivity (Wildman–Crippen MR) is 79.3 cm³/mol. The number of benzene rings is 2. The van der Waals surface area contributed by atoms with Crippen LogP contribution in [-0.2, 0) is 0 Å². The molecule has 2 nitrogen and oxygen atoms in total. The van der Waals surface area contributed by atoms with Crippen molar-refractivity contribution in [2.24, 2.45) is 0 Å². The van der Waals surface area contributed by atoms with Crippen molar-refractivity contribution in [2.75, 3.05) is 13.1 Å².